The molecule has 0 saturated carbocycles. The van der Waals surface area contributed by atoms with Crippen LogP contribution in [-0.4, -0.2) is 46.8 Å². The standard InChI is InChI=1S/C30H33BBrNO6/c1-3-17(12-19-13-21(32)9-10-25(19)34)8-11-26-27-18(4-2)14-23-28(24(27)16-39-26)30(36)33(29(23)35)22-7-5-6-20(15-22)31(37)38/h5-7,9-10,12-13,15,23-24,26,28,34,37-38H,3-4,8,11,14,16H2,1-2H3/b17-12+/t23-,24+,26-,28-/m1/s1. The quantitative estimate of drug-likeness (QED) is 0.239. The van der Waals surface area contributed by atoms with E-state index in [9.17, 15) is 24.7 Å². The third-order valence-electron chi connectivity index (χ3n) is 8.39. The molecule has 3 aliphatic rings. The minimum Gasteiger partial charge on any atom is -0.507 e. The lowest BCUT2D eigenvalue weighted by atomic mass is 9.69. The van der Waals surface area contributed by atoms with E-state index in [2.05, 4.69) is 29.8 Å². The molecule has 1 aliphatic carbocycles. The molecular weight excluding hydrogens is 561 g/mol. The number of allylic oxidation sites excluding steroid dienone is 2. The van der Waals surface area contributed by atoms with Crippen LogP contribution in [0.4, 0.5) is 5.69 Å². The number of ether oxygens (including phenoxy) is 1. The Balaban J connectivity index is 1.37. The largest absolute Gasteiger partial charge is 0.507 e. The Morgan fingerprint density at radius 1 is 1.13 bits per heavy atom. The molecule has 2 aliphatic heterocycles. The first-order valence-electron chi connectivity index (χ1n) is 13.6. The summed E-state index contributed by atoms with van der Waals surface area (Å²) >= 11 is 3.47. The van der Waals surface area contributed by atoms with Gasteiger partial charge in [-0.3, -0.25) is 14.5 Å². The van der Waals surface area contributed by atoms with E-state index < -0.39 is 19.0 Å². The lowest BCUT2D eigenvalue weighted by Gasteiger charge is -2.31. The topological polar surface area (TPSA) is 107 Å². The number of nitrogens with zero attached hydrogens (tertiary/aromatic N) is 1. The molecule has 2 fully saturated rings. The highest BCUT2D eigenvalue weighted by atomic mass is 79.9. The summed E-state index contributed by atoms with van der Waals surface area (Å²) in [4.78, 5) is 28.5. The van der Waals surface area contributed by atoms with Gasteiger partial charge in [-0.2, -0.15) is 0 Å². The van der Waals surface area contributed by atoms with Gasteiger partial charge in [-0.1, -0.05) is 59.1 Å². The minimum absolute atomic E-state index is 0.109. The molecule has 2 heterocycles. The van der Waals surface area contributed by atoms with Crippen LogP contribution in [0.25, 0.3) is 6.08 Å². The molecule has 39 heavy (non-hydrogen) atoms. The van der Waals surface area contributed by atoms with Crippen molar-refractivity contribution in [3.05, 3.63) is 69.2 Å². The highest BCUT2D eigenvalue weighted by Crippen LogP contribution is 2.51. The van der Waals surface area contributed by atoms with Crippen molar-refractivity contribution in [2.24, 2.45) is 17.8 Å². The number of rotatable bonds is 8. The van der Waals surface area contributed by atoms with Gasteiger partial charge in [-0.05, 0) is 73.5 Å². The van der Waals surface area contributed by atoms with Gasteiger partial charge in [0, 0.05) is 16.0 Å². The van der Waals surface area contributed by atoms with Gasteiger partial charge in [0.25, 0.3) is 0 Å². The first-order chi connectivity index (χ1) is 18.7. The van der Waals surface area contributed by atoms with Crippen LogP contribution in [0.3, 0.4) is 0 Å². The summed E-state index contributed by atoms with van der Waals surface area (Å²) in [6, 6.07) is 11.7. The highest BCUT2D eigenvalue weighted by molar-refractivity contribution is 9.10. The third-order valence-corrected chi connectivity index (χ3v) is 8.89. The van der Waals surface area contributed by atoms with Crippen LogP contribution in [-0.2, 0) is 14.3 Å². The average molecular weight is 594 g/mol. The summed E-state index contributed by atoms with van der Waals surface area (Å²) in [5.41, 5.74) is 4.96. The minimum atomic E-state index is -1.68. The number of benzene rings is 2. The van der Waals surface area contributed by atoms with E-state index >= 15 is 0 Å². The van der Waals surface area contributed by atoms with E-state index in [4.69, 9.17) is 4.74 Å². The zero-order chi connectivity index (χ0) is 27.8. The van der Waals surface area contributed by atoms with Gasteiger partial charge in [0.15, 0.2) is 0 Å². The van der Waals surface area contributed by atoms with Crippen molar-refractivity contribution >= 4 is 52.1 Å². The third kappa shape index (κ3) is 5.25. The number of imide groups is 1. The van der Waals surface area contributed by atoms with Crippen LogP contribution in [0.5, 0.6) is 5.75 Å². The van der Waals surface area contributed by atoms with Crippen molar-refractivity contribution in [2.45, 2.75) is 52.1 Å². The van der Waals surface area contributed by atoms with Crippen LogP contribution in [0.2, 0.25) is 0 Å². The molecule has 7 nitrogen and oxygen atoms in total. The summed E-state index contributed by atoms with van der Waals surface area (Å²) < 4.78 is 7.22. The summed E-state index contributed by atoms with van der Waals surface area (Å²) in [5, 5.41) is 29.5. The van der Waals surface area contributed by atoms with Crippen molar-refractivity contribution in [2.75, 3.05) is 11.5 Å². The summed E-state index contributed by atoms with van der Waals surface area (Å²) in [7, 11) is -1.68. The Kier molecular flexibility index (Phi) is 8.15. The number of hydrogen-bond acceptors (Lipinski definition) is 6. The monoisotopic (exact) mass is 593 g/mol. The van der Waals surface area contributed by atoms with Crippen LogP contribution in [0.15, 0.2) is 63.7 Å². The zero-order valence-corrected chi connectivity index (χ0v) is 23.7. The molecule has 0 aromatic heterocycles. The van der Waals surface area contributed by atoms with E-state index in [1.807, 2.05) is 18.2 Å². The normalized spacial score (nSPS) is 24.8. The molecule has 204 valence electrons. The maximum absolute atomic E-state index is 13.7. The van der Waals surface area contributed by atoms with Crippen LogP contribution in [0.1, 0.15) is 51.5 Å². The van der Waals surface area contributed by atoms with Crippen molar-refractivity contribution in [3.63, 3.8) is 0 Å². The Morgan fingerprint density at radius 2 is 1.92 bits per heavy atom. The molecule has 0 radical (unpaired) electrons. The second-order valence-corrected chi connectivity index (χ2v) is 11.5. The van der Waals surface area contributed by atoms with E-state index in [0.717, 1.165) is 35.7 Å². The fraction of sp³-hybridized carbons (Fsp3) is 0.400. The van der Waals surface area contributed by atoms with Crippen molar-refractivity contribution in [3.8, 4) is 5.75 Å². The van der Waals surface area contributed by atoms with E-state index in [1.54, 1.807) is 24.3 Å². The molecule has 2 saturated heterocycles. The number of aromatic hydroxyl groups is 1. The van der Waals surface area contributed by atoms with E-state index in [1.165, 1.54) is 27.7 Å². The Bertz CT molecular complexity index is 1350. The van der Waals surface area contributed by atoms with Crippen molar-refractivity contribution in [1.29, 1.82) is 0 Å². The van der Waals surface area contributed by atoms with Crippen LogP contribution < -0.4 is 10.4 Å². The van der Waals surface area contributed by atoms with Gasteiger partial charge in [-0.15, -0.1) is 0 Å². The first kappa shape index (κ1) is 27.8. The van der Waals surface area contributed by atoms with E-state index in [-0.39, 0.29) is 35.0 Å². The number of fused-ring (bicyclic) bond motifs is 3. The van der Waals surface area contributed by atoms with Crippen molar-refractivity contribution in [1.82, 2.24) is 0 Å². The van der Waals surface area contributed by atoms with Gasteiger partial charge in [0.2, 0.25) is 11.8 Å². The molecular formula is C30H33BBrNO6. The van der Waals surface area contributed by atoms with Gasteiger partial charge in [-0.25, -0.2) is 0 Å². The lowest BCUT2D eigenvalue weighted by molar-refractivity contribution is -0.122. The lowest BCUT2D eigenvalue weighted by Crippen LogP contribution is -2.35. The van der Waals surface area contributed by atoms with Gasteiger partial charge in [0.05, 0.1) is 30.2 Å². The highest BCUT2D eigenvalue weighted by Gasteiger charge is 2.57. The summed E-state index contributed by atoms with van der Waals surface area (Å²) in [6.07, 6.45) is 5.67. The van der Waals surface area contributed by atoms with Crippen molar-refractivity contribution < 1.29 is 29.5 Å². The fourth-order valence-corrected chi connectivity index (χ4v) is 6.80. The number of halogens is 1. The predicted octanol–water partition coefficient (Wildman–Crippen LogP) is 4.34. The molecule has 3 N–H and O–H groups in total. The molecule has 4 atom stereocenters. The number of carbonyl (C=O) groups excluding carboxylic acids is 2. The van der Waals surface area contributed by atoms with Gasteiger partial charge < -0.3 is 19.9 Å². The average Bonchev–Trinajstić information content (AvgIpc) is 3.46. The molecule has 2 aromatic carbocycles. The first-order valence-corrected chi connectivity index (χ1v) is 14.4. The Labute approximate surface area is 237 Å². The molecule has 0 spiro atoms. The molecule has 0 unspecified atom stereocenters. The van der Waals surface area contributed by atoms with E-state index in [0.29, 0.717) is 18.7 Å². The van der Waals surface area contributed by atoms with Gasteiger partial charge >= 0.3 is 7.12 Å². The Hall–Kier alpha value is -2.72. The second kappa shape index (κ2) is 11.4. The fourth-order valence-electron chi connectivity index (χ4n) is 6.42. The van der Waals surface area contributed by atoms with Gasteiger partial charge in [0.1, 0.15) is 5.75 Å². The molecule has 2 aromatic rings. The number of amides is 2. The number of phenolic OH excluding ortho intramolecular Hbond substituents is 1. The molecule has 0 bridgehead atoms. The summed E-state index contributed by atoms with van der Waals surface area (Å²) in [5.74, 6) is -1.28. The Morgan fingerprint density at radius 3 is 2.64 bits per heavy atom. The maximum atomic E-state index is 13.7. The maximum Gasteiger partial charge on any atom is 0.488 e. The number of anilines is 1. The molecule has 9 heteroatoms. The zero-order valence-electron chi connectivity index (χ0n) is 22.1. The van der Waals surface area contributed by atoms with Crippen LogP contribution >= 0.6 is 15.9 Å². The SMILES string of the molecule is CCC1=C2[C@@H](CC/C(=C/c3cc(Br)ccc3O)CC)OC[C@@H]2[C@@H]2C(=O)N(c3cccc(B(O)O)c3)C(=O)[C@@H]2C1. The summed E-state index contributed by atoms with van der Waals surface area (Å²) in [6.45, 7) is 4.60. The second-order valence-electron chi connectivity index (χ2n) is 10.6. The van der Waals surface area contributed by atoms with Crippen LogP contribution in [0, 0.1) is 17.8 Å². The molecule has 5 rings (SSSR count). The predicted molar refractivity (Wildman–Crippen MR) is 154 cm³/mol. The smallest absolute Gasteiger partial charge is 0.488 e. The molecule has 2 amide bonds. The number of phenols is 1. The number of carbonyl (C=O) groups is 2. The number of hydrogen-bond donors (Lipinski definition) is 3.